The fraction of sp³-hybridized carbons (Fsp3) is 0.263. The third-order valence-corrected chi connectivity index (χ3v) is 5.57. The fourth-order valence-corrected chi connectivity index (χ4v) is 4.23. The van der Waals surface area contributed by atoms with E-state index in [2.05, 4.69) is 76.2 Å². The zero-order chi connectivity index (χ0) is 17.6. The van der Waals surface area contributed by atoms with Crippen LogP contribution >= 0.6 is 11.3 Å². The number of aromatic nitrogens is 3. The molecule has 0 aliphatic rings. The lowest BCUT2D eigenvalue weighted by atomic mass is 10.0. The van der Waals surface area contributed by atoms with Gasteiger partial charge in [-0.25, -0.2) is 4.98 Å². The van der Waals surface area contributed by atoms with Crippen molar-refractivity contribution in [2.24, 2.45) is 7.05 Å². The predicted octanol–water partition coefficient (Wildman–Crippen LogP) is 4.28. The molecular formula is C19H21N5S. The lowest BCUT2D eigenvalue weighted by molar-refractivity contribution is 0.851. The minimum Gasteiger partial charge on any atom is -0.368 e. The van der Waals surface area contributed by atoms with E-state index in [-0.39, 0.29) is 0 Å². The molecule has 0 amide bonds. The average molecular weight is 351 g/mol. The van der Waals surface area contributed by atoms with Crippen molar-refractivity contribution in [2.45, 2.75) is 13.8 Å². The van der Waals surface area contributed by atoms with Crippen LogP contribution in [-0.4, -0.2) is 27.6 Å². The molecule has 0 aliphatic heterocycles. The first-order chi connectivity index (χ1) is 12.1. The van der Waals surface area contributed by atoms with Crippen LogP contribution in [0.3, 0.4) is 0 Å². The third kappa shape index (κ3) is 2.44. The molecule has 25 heavy (non-hydrogen) atoms. The summed E-state index contributed by atoms with van der Waals surface area (Å²) in [6.45, 7) is 6.03. The Morgan fingerprint density at radius 3 is 2.68 bits per heavy atom. The average Bonchev–Trinajstić information content (AvgIpc) is 3.25. The van der Waals surface area contributed by atoms with Crippen molar-refractivity contribution in [3.8, 4) is 10.4 Å². The van der Waals surface area contributed by atoms with Crippen molar-refractivity contribution in [1.82, 2.24) is 14.5 Å². The number of hydrogen-bond acceptors (Lipinski definition) is 5. The molecule has 0 aliphatic carbocycles. The highest BCUT2D eigenvalue weighted by molar-refractivity contribution is 7.13. The summed E-state index contributed by atoms with van der Waals surface area (Å²) >= 11 is 1.74. The number of fused-ring (bicyclic) bond motifs is 3. The number of benzene rings is 1. The molecule has 0 fully saturated rings. The van der Waals surface area contributed by atoms with Gasteiger partial charge >= 0.3 is 0 Å². The summed E-state index contributed by atoms with van der Waals surface area (Å²) in [5.74, 6) is 1.24. The van der Waals surface area contributed by atoms with E-state index in [0.717, 1.165) is 29.8 Å². The van der Waals surface area contributed by atoms with Crippen LogP contribution in [0.5, 0.6) is 0 Å². The van der Waals surface area contributed by atoms with Gasteiger partial charge in [0.05, 0.1) is 16.4 Å². The number of hydrogen-bond donors (Lipinski definition) is 1. The molecule has 0 saturated heterocycles. The van der Waals surface area contributed by atoms with Gasteiger partial charge in [-0.05, 0) is 37.4 Å². The van der Waals surface area contributed by atoms with Crippen LogP contribution in [0.2, 0.25) is 0 Å². The van der Waals surface area contributed by atoms with Crippen molar-refractivity contribution in [3.05, 3.63) is 35.8 Å². The van der Waals surface area contributed by atoms with Gasteiger partial charge in [0.2, 0.25) is 5.95 Å². The van der Waals surface area contributed by atoms with Gasteiger partial charge in [0.1, 0.15) is 5.82 Å². The standard InChI is InChI=1S/C19H21N5S/c1-4-24(5-2)18-16-12-8-9-23(3)17(12)13(15-7-6-10-25-15)11-14(16)21-19(20)22-18/h6-11H,4-5H2,1-3H3,(H2,20,21,22). The number of thiophene rings is 1. The molecule has 0 saturated carbocycles. The number of rotatable bonds is 4. The smallest absolute Gasteiger partial charge is 0.222 e. The third-order valence-electron chi connectivity index (χ3n) is 4.66. The summed E-state index contributed by atoms with van der Waals surface area (Å²) in [6, 6.07) is 8.53. The summed E-state index contributed by atoms with van der Waals surface area (Å²) in [7, 11) is 2.08. The fourth-order valence-electron chi connectivity index (χ4n) is 3.49. The molecule has 0 bridgehead atoms. The minimum absolute atomic E-state index is 0.321. The van der Waals surface area contributed by atoms with Crippen LogP contribution in [0.15, 0.2) is 35.8 Å². The van der Waals surface area contributed by atoms with Gasteiger partial charge < -0.3 is 15.2 Å². The van der Waals surface area contributed by atoms with Crippen LogP contribution in [0.1, 0.15) is 13.8 Å². The van der Waals surface area contributed by atoms with E-state index < -0.39 is 0 Å². The maximum Gasteiger partial charge on any atom is 0.222 e. The van der Waals surface area contributed by atoms with Gasteiger partial charge in [-0.3, -0.25) is 0 Å². The number of anilines is 2. The molecule has 2 N–H and O–H groups in total. The summed E-state index contributed by atoms with van der Waals surface area (Å²) in [5, 5.41) is 4.35. The SMILES string of the molecule is CCN(CC)c1nc(N)nc2cc(-c3cccs3)c3c(ccn3C)c12. The van der Waals surface area contributed by atoms with Crippen molar-refractivity contribution in [2.75, 3.05) is 23.7 Å². The van der Waals surface area contributed by atoms with Crippen LogP contribution < -0.4 is 10.6 Å². The number of aryl methyl sites for hydroxylation is 1. The minimum atomic E-state index is 0.321. The highest BCUT2D eigenvalue weighted by Gasteiger charge is 2.19. The maximum atomic E-state index is 6.04. The van der Waals surface area contributed by atoms with Gasteiger partial charge in [-0.1, -0.05) is 6.07 Å². The van der Waals surface area contributed by atoms with Gasteiger partial charge in [0.15, 0.2) is 0 Å². The molecule has 1 aromatic carbocycles. The molecule has 6 heteroatoms. The highest BCUT2D eigenvalue weighted by atomic mass is 32.1. The Morgan fingerprint density at radius 2 is 2.00 bits per heavy atom. The largest absolute Gasteiger partial charge is 0.368 e. The molecule has 3 heterocycles. The number of nitrogens with two attached hydrogens (primary N) is 1. The molecule has 128 valence electrons. The second-order valence-electron chi connectivity index (χ2n) is 6.06. The Hall–Kier alpha value is -2.60. The highest BCUT2D eigenvalue weighted by Crippen LogP contribution is 2.39. The molecule has 3 aromatic heterocycles. The van der Waals surface area contributed by atoms with E-state index in [1.807, 2.05) is 0 Å². The Bertz CT molecular complexity index is 1040. The van der Waals surface area contributed by atoms with E-state index in [9.17, 15) is 0 Å². The first-order valence-corrected chi connectivity index (χ1v) is 9.36. The van der Waals surface area contributed by atoms with Gasteiger partial charge in [-0.2, -0.15) is 4.98 Å². The molecule has 0 atom stereocenters. The van der Waals surface area contributed by atoms with E-state index in [0.29, 0.717) is 5.95 Å². The second kappa shape index (κ2) is 6.04. The molecule has 4 rings (SSSR count). The predicted molar refractivity (Wildman–Crippen MR) is 107 cm³/mol. The van der Waals surface area contributed by atoms with Gasteiger partial charge in [0.25, 0.3) is 0 Å². The molecule has 0 spiro atoms. The molecular weight excluding hydrogens is 330 g/mol. The lowest BCUT2D eigenvalue weighted by Crippen LogP contribution is -2.24. The first-order valence-electron chi connectivity index (χ1n) is 8.48. The van der Waals surface area contributed by atoms with E-state index in [1.54, 1.807) is 11.3 Å². The zero-order valence-corrected chi connectivity index (χ0v) is 15.5. The summed E-state index contributed by atoms with van der Waals surface area (Å²) < 4.78 is 2.17. The van der Waals surface area contributed by atoms with Gasteiger partial charge in [-0.15, -0.1) is 11.3 Å². The molecule has 5 nitrogen and oxygen atoms in total. The van der Waals surface area contributed by atoms with Gasteiger partial charge in [0, 0.05) is 42.2 Å². The number of nitrogen functional groups attached to an aromatic ring is 1. The zero-order valence-electron chi connectivity index (χ0n) is 14.7. The van der Waals surface area contributed by atoms with Crippen LogP contribution in [0.25, 0.3) is 32.2 Å². The van der Waals surface area contributed by atoms with Crippen LogP contribution in [0.4, 0.5) is 11.8 Å². The van der Waals surface area contributed by atoms with Crippen molar-refractivity contribution >= 4 is 44.9 Å². The molecule has 4 aromatic rings. The van der Waals surface area contributed by atoms with Crippen molar-refractivity contribution in [1.29, 1.82) is 0 Å². The van der Waals surface area contributed by atoms with Crippen LogP contribution in [0, 0.1) is 0 Å². The summed E-state index contributed by atoms with van der Waals surface area (Å²) in [5.41, 5.74) is 9.33. The topological polar surface area (TPSA) is 60.0 Å². The van der Waals surface area contributed by atoms with Crippen molar-refractivity contribution in [3.63, 3.8) is 0 Å². The Labute approximate surface area is 150 Å². The molecule has 0 unspecified atom stereocenters. The Morgan fingerprint density at radius 1 is 1.20 bits per heavy atom. The lowest BCUT2D eigenvalue weighted by Gasteiger charge is -2.22. The normalized spacial score (nSPS) is 11.5. The van der Waals surface area contributed by atoms with Crippen molar-refractivity contribution < 1.29 is 0 Å². The Balaban J connectivity index is 2.17. The monoisotopic (exact) mass is 351 g/mol. The van der Waals surface area contributed by atoms with E-state index >= 15 is 0 Å². The summed E-state index contributed by atoms with van der Waals surface area (Å²) in [6.07, 6.45) is 2.10. The summed E-state index contributed by atoms with van der Waals surface area (Å²) in [4.78, 5) is 12.6. The maximum absolute atomic E-state index is 6.04. The van der Waals surface area contributed by atoms with E-state index in [1.165, 1.54) is 21.3 Å². The molecule has 0 radical (unpaired) electrons. The Kier molecular flexibility index (Phi) is 3.84. The van der Waals surface area contributed by atoms with E-state index in [4.69, 9.17) is 5.73 Å². The quantitative estimate of drug-likeness (QED) is 0.596. The first kappa shape index (κ1) is 15.9. The second-order valence-corrected chi connectivity index (χ2v) is 7.01. The number of nitrogens with zero attached hydrogens (tertiary/aromatic N) is 4. The van der Waals surface area contributed by atoms with Crippen LogP contribution in [-0.2, 0) is 7.05 Å².